The van der Waals surface area contributed by atoms with E-state index in [1.165, 1.54) is 0 Å². The van der Waals surface area contributed by atoms with Crippen molar-refractivity contribution in [3.8, 4) is 73.5 Å². The Bertz CT molecular complexity index is 2790. The first kappa shape index (κ1) is 32.0. The number of rotatable bonds is 7. The summed E-state index contributed by atoms with van der Waals surface area (Å²) in [6, 6.07) is 56.0. The Labute approximate surface area is 317 Å². The zero-order valence-corrected chi connectivity index (χ0v) is 29.5. The van der Waals surface area contributed by atoms with E-state index in [1.807, 2.05) is 67.0 Å². The van der Waals surface area contributed by atoms with E-state index >= 15 is 0 Å². The van der Waals surface area contributed by atoms with Crippen LogP contribution in [0.15, 0.2) is 189 Å². The smallest absolute Gasteiger partial charge is 0.169 e. The Balaban J connectivity index is 1.13. The summed E-state index contributed by atoms with van der Waals surface area (Å²) in [7, 11) is 0. The third-order valence-electron chi connectivity index (χ3n) is 9.97. The molecule has 0 N–H and O–H groups in total. The van der Waals surface area contributed by atoms with Gasteiger partial charge in [0.05, 0.1) is 22.8 Å². The molecule has 0 saturated carbocycles. The summed E-state index contributed by atoms with van der Waals surface area (Å²) in [5.74, 6) is 1.50. The molecule has 0 fully saturated rings. The normalized spacial score (nSPS) is 11.3. The van der Waals surface area contributed by atoms with E-state index < -0.39 is 0 Å². The van der Waals surface area contributed by atoms with Crippen molar-refractivity contribution in [3.63, 3.8) is 0 Å². The Morgan fingerprint density at radius 1 is 0.327 bits per heavy atom. The highest BCUT2D eigenvalue weighted by Crippen LogP contribution is 2.40. The third kappa shape index (κ3) is 5.81. The molecule has 258 valence electrons. The van der Waals surface area contributed by atoms with Gasteiger partial charge in [-0.05, 0) is 94.3 Å². The van der Waals surface area contributed by atoms with Gasteiger partial charge in [0.2, 0.25) is 0 Å². The van der Waals surface area contributed by atoms with Gasteiger partial charge in [-0.2, -0.15) is 0 Å². The number of hydrogen-bond donors (Lipinski definition) is 0. The zero-order valence-electron chi connectivity index (χ0n) is 29.5. The fourth-order valence-corrected chi connectivity index (χ4v) is 7.41. The second-order valence-electron chi connectivity index (χ2n) is 13.2. The molecule has 7 nitrogen and oxygen atoms in total. The Kier molecular flexibility index (Phi) is 8.00. The molecule has 10 aromatic rings. The lowest BCUT2D eigenvalue weighted by Crippen LogP contribution is -2.01. The molecule has 0 bridgehead atoms. The Morgan fingerprint density at radius 3 is 1.20 bits per heavy atom. The van der Waals surface area contributed by atoms with Crippen molar-refractivity contribution in [1.29, 1.82) is 0 Å². The van der Waals surface area contributed by atoms with Crippen LogP contribution in [0.25, 0.3) is 95.0 Å². The van der Waals surface area contributed by atoms with Crippen molar-refractivity contribution < 1.29 is 0 Å². The second-order valence-corrected chi connectivity index (χ2v) is 13.2. The Hall–Kier alpha value is -7.64. The second kappa shape index (κ2) is 13.7. The summed E-state index contributed by atoms with van der Waals surface area (Å²) in [6.45, 7) is 0. The third-order valence-corrected chi connectivity index (χ3v) is 9.97. The molecule has 0 amide bonds. The molecule has 7 heteroatoms. The lowest BCUT2D eigenvalue weighted by Gasteiger charge is -2.16. The molecule has 0 saturated heterocycles. The molecule has 5 aromatic carbocycles. The van der Waals surface area contributed by atoms with Crippen molar-refractivity contribution >= 4 is 21.5 Å². The molecule has 0 aliphatic heterocycles. The van der Waals surface area contributed by atoms with Crippen molar-refractivity contribution in [1.82, 2.24) is 34.7 Å². The van der Waals surface area contributed by atoms with Crippen LogP contribution in [-0.4, -0.2) is 34.7 Å². The van der Waals surface area contributed by atoms with E-state index in [4.69, 9.17) is 20.2 Å². The van der Waals surface area contributed by atoms with Crippen LogP contribution in [0.4, 0.5) is 0 Å². The maximum Gasteiger partial charge on any atom is 0.169 e. The van der Waals surface area contributed by atoms with Gasteiger partial charge in [-0.3, -0.25) is 14.5 Å². The first-order chi connectivity index (χ1) is 27.3. The summed E-state index contributed by atoms with van der Waals surface area (Å²) in [4.78, 5) is 18.8. The molecular formula is C48H31N7. The van der Waals surface area contributed by atoms with Gasteiger partial charge in [-0.1, -0.05) is 91.0 Å². The largest absolute Gasteiger partial charge is 0.275 e. The maximum atomic E-state index is 5.07. The molecular weight excluding hydrogens is 675 g/mol. The van der Waals surface area contributed by atoms with Crippen LogP contribution in [0.3, 0.4) is 0 Å². The maximum absolute atomic E-state index is 5.07. The number of para-hydroxylation sites is 1. The van der Waals surface area contributed by atoms with Crippen LogP contribution in [0.5, 0.6) is 0 Å². The van der Waals surface area contributed by atoms with Crippen LogP contribution >= 0.6 is 0 Å². The molecule has 0 spiro atoms. The minimum Gasteiger partial charge on any atom is -0.275 e. The highest BCUT2D eigenvalue weighted by atomic mass is 15.3. The molecule has 5 aromatic heterocycles. The van der Waals surface area contributed by atoms with E-state index in [1.54, 1.807) is 12.4 Å². The quantitative estimate of drug-likeness (QED) is 0.164. The van der Waals surface area contributed by atoms with Gasteiger partial charge in [0.1, 0.15) is 0 Å². The number of aromatic nitrogens is 7. The highest BCUT2D eigenvalue weighted by molar-refractivity contribution is 6.06. The highest BCUT2D eigenvalue weighted by Gasteiger charge is 2.22. The molecule has 0 radical (unpaired) electrons. The van der Waals surface area contributed by atoms with Crippen LogP contribution in [-0.2, 0) is 0 Å². The fourth-order valence-electron chi connectivity index (χ4n) is 7.41. The predicted molar refractivity (Wildman–Crippen MR) is 220 cm³/mol. The molecule has 0 aliphatic rings. The first-order valence-corrected chi connectivity index (χ1v) is 18.1. The van der Waals surface area contributed by atoms with E-state index in [-0.39, 0.29) is 0 Å². The number of pyridine rings is 4. The lowest BCUT2D eigenvalue weighted by atomic mass is 9.96. The molecule has 5 heterocycles. The van der Waals surface area contributed by atoms with Crippen molar-refractivity contribution in [3.05, 3.63) is 189 Å². The van der Waals surface area contributed by atoms with Crippen LogP contribution in [0.1, 0.15) is 0 Å². The van der Waals surface area contributed by atoms with E-state index in [9.17, 15) is 0 Å². The SMILES string of the molecule is c1ccc(-n2c(-c3ccc(-c4cccc(-c5cccnc5)n4)c4ccccc34)nnc2-c2ccc(-c3cccc(-c4cccnc4)n3)c3ccccc23)cc1. The summed E-state index contributed by atoms with van der Waals surface area (Å²) in [5, 5.41) is 14.2. The Morgan fingerprint density at radius 2 is 0.745 bits per heavy atom. The predicted octanol–water partition coefficient (Wildman–Crippen LogP) is 11.2. The number of hydrogen-bond acceptors (Lipinski definition) is 6. The molecule has 55 heavy (non-hydrogen) atoms. The molecule has 0 unspecified atom stereocenters. The summed E-state index contributed by atoms with van der Waals surface area (Å²) in [6.07, 6.45) is 7.24. The van der Waals surface area contributed by atoms with Crippen molar-refractivity contribution in [2.75, 3.05) is 0 Å². The average molecular weight is 706 g/mol. The molecule has 10 rings (SSSR count). The topological polar surface area (TPSA) is 82.3 Å². The lowest BCUT2D eigenvalue weighted by molar-refractivity contribution is 1.08. The summed E-state index contributed by atoms with van der Waals surface area (Å²) in [5.41, 5.74) is 10.5. The van der Waals surface area contributed by atoms with Crippen molar-refractivity contribution in [2.24, 2.45) is 0 Å². The monoisotopic (exact) mass is 705 g/mol. The van der Waals surface area contributed by atoms with E-state index in [0.717, 1.165) is 95.0 Å². The van der Waals surface area contributed by atoms with Crippen LogP contribution in [0.2, 0.25) is 0 Å². The summed E-state index contributed by atoms with van der Waals surface area (Å²) < 4.78 is 2.17. The van der Waals surface area contributed by atoms with Gasteiger partial charge in [-0.15, -0.1) is 10.2 Å². The van der Waals surface area contributed by atoms with Gasteiger partial charge in [0.15, 0.2) is 11.6 Å². The molecule has 0 aliphatic carbocycles. The van der Waals surface area contributed by atoms with Gasteiger partial charge < -0.3 is 0 Å². The number of nitrogens with zero attached hydrogens (tertiary/aromatic N) is 7. The number of benzene rings is 5. The fraction of sp³-hybridized carbons (Fsp3) is 0. The van der Waals surface area contributed by atoms with Crippen molar-refractivity contribution in [2.45, 2.75) is 0 Å². The van der Waals surface area contributed by atoms with Gasteiger partial charge in [-0.25, -0.2) is 9.97 Å². The minimum atomic E-state index is 0.750. The van der Waals surface area contributed by atoms with Gasteiger partial charge in [0, 0.05) is 63.9 Å². The van der Waals surface area contributed by atoms with E-state index in [2.05, 4.69) is 124 Å². The van der Waals surface area contributed by atoms with Crippen LogP contribution < -0.4 is 0 Å². The minimum absolute atomic E-state index is 0.750. The zero-order chi connectivity index (χ0) is 36.6. The van der Waals surface area contributed by atoms with Gasteiger partial charge >= 0.3 is 0 Å². The number of fused-ring (bicyclic) bond motifs is 2. The van der Waals surface area contributed by atoms with E-state index in [0.29, 0.717) is 0 Å². The summed E-state index contributed by atoms with van der Waals surface area (Å²) >= 11 is 0. The first-order valence-electron chi connectivity index (χ1n) is 18.1. The molecule has 0 atom stereocenters. The van der Waals surface area contributed by atoms with Crippen LogP contribution in [0, 0.1) is 0 Å². The average Bonchev–Trinajstić information content (AvgIpc) is 3.71. The standard InChI is InChI=1S/C48H31N7/c1-2-14-34(15-3-1)55-47(41-26-24-39(35-16-4-6-18-37(35)41)45-22-8-20-43(51-45)32-12-10-28-49-30-32)53-54-48(55)42-27-25-40(36-17-5-7-19-38(36)42)46-23-9-21-44(52-46)33-13-11-29-50-31-33/h1-31H. The van der Waals surface area contributed by atoms with Gasteiger partial charge in [0.25, 0.3) is 0 Å².